The second-order valence-corrected chi connectivity index (χ2v) is 7.69. The number of hydrogen-bond acceptors (Lipinski definition) is 4. The van der Waals surface area contributed by atoms with E-state index in [1.165, 1.54) is 0 Å². The highest BCUT2D eigenvalue weighted by Gasteiger charge is 2.52. The van der Waals surface area contributed by atoms with Gasteiger partial charge in [-0.25, -0.2) is 0 Å². The number of rotatable bonds is 6. The zero-order chi connectivity index (χ0) is 16.3. The monoisotopic (exact) mass is 299 g/mol. The summed E-state index contributed by atoms with van der Waals surface area (Å²) in [5.74, 6) is 0.172. The van der Waals surface area contributed by atoms with Crippen molar-refractivity contribution < 1.29 is 14.6 Å². The predicted octanol–water partition coefficient (Wildman–Crippen LogP) is 2.74. The Labute approximate surface area is 129 Å². The van der Waals surface area contributed by atoms with Crippen molar-refractivity contribution in [3.8, 4) is 0 Å². The fraction of sp³-hybridized carbons (Fsp3) is 0.941. The van der Waals surface area contributed by atoms with Gasteiger partial charge in [-0.15, -0.1) is 0 Å². The fourth-order valence-electron chi connectivity index (χ4n) is 3.23. The maximum absolute atomic E-state index is 12.8. The Balaban J connectivity index is 2.94. The summed E-state index contributed by atoms with van der Waals surface area (Å²) < 4.78 is 5.58. The number of ether oxygens (including phenoxy) is 1. The molecule has 1 saturated heterocycles. The van der Waals surface area contributed by atoms with Crippen LogP contribution in [-0.2, 0) is 9.53 Å². The number of piperidine rings is 1. The van der Waals surface area contributed by atoms with Gasteiger partial charge in [0.05, 0.1) is 18.1 Å². The molecule has 0 amide bonds. The largest absolute Gasteiger partial charge is 0.465 e. The lowest BCUT2D eigenvalue weighted by Gasteiger charge is -2.47. The van der Waals surface area contributed by atoms with E-state index in [0.717, 1.165) is 13.0 Å². The van der Waals surface area contributed by atoms with Gasteiger partial charge in [0.25, 0.3) is 0 Å². The van der Waals surface area contributed by atoms with Gasteiger partial charge < -0.3 is 15.2 Å². The summed E-state index contributed by atoms with van der Waals surface area (Å²) in [6, 6.07) is 0. The molecule has 0 radical (unpaired) electrons. The Morgan fingerprint density at radius 3 is 2.43 bits per heavy atom. The Morgan fingerprint density at radius 2 is 1.95 bits per heavy atom. The van der Waals surface area contributed by atoms with E-state index in [2.05, 4.69) is 33.0 Å². The molecule has 4 heteroatoms. The average molecular weight is 299 g/mol. The van der Waals surface area contributed by atoms with Crippen molar-refractivity contribution in [2.45, 2.75) is 72.4 Å². The van der Waals surface area contributed by atoms with Crippen molar-refractivity contribution in [3.05, 3.63) is 0 Å². The topological polar surface area (TPSA) is 58.6 Å². The van der Waals surface area contributed by atoms with Crippen molar-refractivity contribution in [1.29, 1.82) is 0 Å². The van der Waals surface area contributed by atoms with E-state index in [0.29, 0.717) is 25.4 Å². The third-order valence-corrected chi connectivity index (χ3v) is 4.73. The first-order valence-electron chi connectivity index (χ1n) is 8.25. The van der Waals surface area contributed by atoms with Gasteiger partial charge in [-0.3, -0.25) is 4.79 Å². The average Bonchev–Trinajstić information content (AvgIpc) is 2.41. The van der Waals surface area contributed by atoms with Crippen LogP contribution in [-0.4, -0.2) is 35.9 Å². The lowest BCUT2D eigenvalue weighted by molar-refractivity contribution is -0.173. The van der Waals surface area contributed by atoms with E-state index in [4.69, 9.17) is 4.74 Å². The molecule has 0 bridgehead atoms. The number of aliphatic hydroxyl groups excluding tert-OH is 1. The van der Waals surface area contributed by atoms with E-state index in [1.54, 1.807) is 0 Å². The smallest absolute Gasteiger partial charge is 0.314 e. The van der Waals surface area contributed by atoms with Crippen molar-refractivity contribution in [3.63, 3.8) is 0 Å². The minimum atomic E-state index is -0.781. The molecule has 124 valence electrons. The minimum Gasteiger partial charge on any atom is -0.465 e. The second kappa shape index (κ2) is 7.10. The molecule has 21 heavy (non-hydrogen) atoms. The van der Waals surface area contributed by atoms with Gasteiger partial charge in [0.2, 0.25) is 0 Å². The maximum atomic E-state index is 12.8. The molecule has 0 aromatic rings. The van der Waals surface area contributed by atoms with Crippen molar-refractivity contribution in [2.24, 2.45) is 17.3 Å². The molecule has 1 fully saturated rings. The summed E-state index contributed by atoms with van der Waals surface area (Å²) in [5.41, 5.74) is -0.945. The van der Waals surface area contributed by atoms with Crippen molar-refractivity contribution in [1.82, 2.24) is 5.32 Å². The molecule has 0 saturated carbocycles. The fourth-order valence-corrected chi connectivity index (χ4v) is 3.23. The molecule has 0 aromatic heterocycles. The SMILES string of the molecule is CCC(C)COC(=O)C1(C(O)C(C)C)CCNC(C)(C)C1. The first kappa shape index (κ1) is 18.4. The van der Waals surface area contributed by atoms with Crippen LogP contribution < -0.4 is 5.32 Å². The number of esters is 1. The van der Waals surface area contributed by atoms with Crippen LogP contribution in [0.1, 0.15) is 60.8 Å². The van der Waals surface area contributed by atoms with Gasteiger partial charge in [-0.2, -0.15) is 0 Å². The van der Waals surface area contributed by atoms with Gasteiger partial charge in [-0.1, -0.05) is 34.1 Å². The lowest BCUT2D eigenvalue weighted by Crippen LogP contribution is -2.59. The van der Waals surface area contributed by atoms with E-state index < -0.39 is 11.5 Å². The van der Waals surface area contributed by atoms with Crippen LogP contribution in [0.2, 0.25) is 0 Å². The molecule has 4 nitrogen and oxygen atoms in total. The molecular formula is C17H33NO3. The third-order valence-electron chi connectivity index (χ3n) is 4.73. The molecule has 3 unspecified atom stereocenters. The summed E-state index contributed by atoms with van der Waals surface area (Å²) in [4.78, 5) is 12.8. The Bertz CT molecular complexity index is 354. The van der Waals surface area contributed by atoms with Gasteiger partial charge in [0.15, 0.2) is 0 Å². The zero-order valence-electron chi connectivity index (χ0n) is 14.5. The third kappa shape index (κ3) is 4.43. The zero-order valence-corrected chi connectivity index (χ0v) is 14.5. The van der Waals surface area contributed by atoms with Crippen LogP contribution in [0.3, 0.4) is 0 Å². The van der Waals surface area contributed by atoms with E-state index in [-0.39, 0.29) is 17.4 Å². The van der Waals surface area contributed by atoms with Gasteiger partial charge >= 0.3 is 5.97 Å². The number of carbonyl (C=O) groups is 1. The highest BCUT2D eigenvalue weighted by molar-refractivity contribution is 5.78. The van der Waals surface area contributed by atoms with E-state index in [1.807, 2.05) is 13.8 Å². The second-order valence-electron chi connectivity index (χ2n) is 7.69. The molecule has 1 aliphatic heterocycles. The van der Waals surface area contributed by atoms with Crippen LogP contribution in [0, 0.1) is 17.3 Å². The molecule has 0 aromatic carbocycles. The highest BCUT2D eigenvalue weighted by atomic mass is 16.5. The molecular weight excluding hydrogens is 266 g/mol. The molecule has 1 rings (SSSR count). The normalized spacial score (nSPS) is 28.2. The molecule has 1 aliphatic rings. The number of nitrogens with one attached hydrogen (secondary N) is 1. The highest BCUT2D eigenvalue weighted by Crippen LogP contribution is 2.42. The summed E-state index contributed by atoms with van der Waals surface area (Å²) >= 11 is 0. The van der Waals surface area contributed by atoms with Crippen LogP contribution in [0.4, 0.5) is 0 Å². The Hall–Kier alpha value is -0.610. The van der Waals surface area contributed by atoms with Gasteiger partial charge in [0.1, 0.15) is 0 Å². The first-order valence-corrected chi connectivity index (χ1v) is 8.25. The maximum Gasteiger partial charge on any atom is 0.314 e. The Kier molecular flexibility index (Phi) is 6.23. The number of hydrogen-bond donors (Lipinski definition) is 2. The van der Waals surface area contributed by atoms with Crippen LogP contribution >= 0.6 is 0 Å². The molecule has 2 N–H and O–H groups in total. The molecule has 3 atom stereocenters. The van der Waals surface area contributed by atoms with E-state index >= 15 is 0 Å². The molecule has 0 aliphatic carbocycles. The quantitative estimate of drug-likeness (QED) is 0.740. The van der Waals surface area contributed by atoms with Gasteiger partial charge in [-0.05, 0) is 45.1 Å². The lowest BCUT2D eigenvalue weighted by atomic mass is 9.65. The predicted molar refractivity (Wildman–Crippen MR) is 85.0 cm³/mol. The summed E-state index contributed by atoms with van der Waals surface area (Å²) in [6.07, 6.45) is 1.57. The summed E-state index contributed by atoms with van der Waals surface area (Å²) in [7, 11) is 0. The minimum absolute atomic E-state index is 0.0371. The summed E-state index contributed by atoms with van der Waals surface area (Å²) in [5, 5.41) is 14.1. The number of carbonyl (C=O) groups excluding carboxylic acids is 1. The van der Waals surface area contributed by atoms with Crippen molar-refractivity contribution in [2.75, 3.05) is 13.2 Å². The molecule has 0 spiro atoms. The van der Waals surface area contributed by atoms with Crippen LogP contribution in [0.25, 0.3) is 0 Å². The standard InChI is InChI=1S/C17H33NO3/c1-7-13(4)10-21-15(20)17(14(19)12(2)3)8-9-18-16(5,6)11-17/h12-14,18-19H,7-11H2,1-6H3. The van der Waals surface area contributed by atoms with Crippen LogP contribution in [0.15, 0.2) is 0 Å². The first-order chi connectivity index (χ1) is 9.64. The van der Waals surface area contributed by atoms with Crippen LogP contribution in [0.5, 0.6) is 0 Å². The van der Waals surface area contributed by atoms with Gasteiger partial charge in [0, 0.05) is 5.54 Å². The molecule has 1 heterocycles. The summed E-state index contributed by atoms with van der Waals surface area (Å²) in [6.45, 7) is 13.4. The number of aliphatic hydroxyl groups is 1. The van der Waals surface area contributed by atoms with E-state index in [9.17, 15) is 9.90 Å². The van der Waals surface area contributed by atoms with Crippen molar-refractivity contribution >= 4 is 5.97 Å². The Morgan fingerprint density at radius 1 is 1.33 bits per heavy atom.